The Labute approximate surface area is 162 Å². The fraction of sp³-hybridized carbons (Fsp3) is 0.300. The molecule has 1 atom stereocenters. The number of hydrogen-bond acceptors (Lipinski definition) is 5. The highest BCUT2D eigenvalue weighted by atomic mass is 32.2. The van der Waals surface area contributed by atoms with E-state index in [-0.39, 0.29) is 34.5 Å². The van der Waals surface area contributed by atoms with Crippen LogP contribution >= 0.6 is 0 Å². The molecule has 0 bridgehead atoms. The zero-order valence-electron chi connectivity index (χ0n) is 15.7. The van der Waals surface area contributed by atoms with Crippen molar-refractivity contribution >= 4 is 26.8 Å². The smallest absolute Gasteiger partial charge is 0.408 e. The molecule has 28 heavy (non-hydrogen) atoms. The molecule has 0 radical (unpaired) electrons. The van der Waals surface area contributed by atoms with E-state index in [0.29, 0.717) is 12.1 Å². The molecule has 2 aromatic carbocycles. The molecule has 7 nitrogen and oxygen atoms in total. The van der Waals surface area contributed by atoms with Crippen LogP contribution in [0, 0.1) is 0 Å². The van der Waals surface area contributed by atoms with E-state index in [4.69, 9.17) is 4.42 Å². The largest absolute Gasteiger partial charge is 0.419 e. The Morgan fingerprint density at radius 1 is 1.18 bits per heavy atom. The summed E-state index contributed by atoms with van der Waals surface area (Å²) in [5, 5.41) is 2.78. The highest BCUT2D eigenvalue weighted by Gasteiger charge is 2.19. The number of amides is 1. The molecule has 0 aliphatic rings. The number of oxazole rings is 1. The number of hydrogen-bond donors (Lipinski definition) is 1. The van der Waals surface area contributed by atoms with Crippen LogP contribution in [0.3, 0.4) is 0 Å². The highest BCUT2D eigenvalue weighted by molar-refractivity contribution is 7.91. The normalized spacial score (nSPS) is 12.8. The number of aromatic nitrogens is 1. The Morgan fingerprint density at radius 2 is 1.89 bits per heavy atom. The first-order valence-corrected chi connectivity index (χ1v) is 10.6. The first kappa shape index (κ1) is 19.9. The summed E-state index contributed by atoms with van der Waals surface area (Å²) >= 11 is 0. The molecule has 0 saturated carbocycles. The summed E-state index contributed by atoms with van der Waals surface area (Å²) in [4.78, 5) is 23.6. The van der Waals surface area contributed by atoms with Gasteiger partial charge in [-0.25, -0.2) is 13.2 Å². The number of fused-ring (bicyclic) bond motifs is 1. The molecule has 148 valence electrons. The number of aryl methyl sites for hydroxylation is 1. The van der Waals surface area contributed by atoms with Gasteiger partial charge < -0.3 is 9.73 Å². The van der Waals surface area contributed by atoms with Gasteiger partial charge >= 0.3 is 5.76 Å². The first-order chi connectivity index (χ1) is 13.3. The van der Waals surface area contributed by atoms with Crippen LogP contribution in [0.4, 0.5) is 0 Å². The van der Waals surface area contributed by atoms with Gasteiger partial charge in [0.1, 0.15) is 0 Å². The summed E-state index contributed by atoms with van der Waals surface area (Å²) in [6, 6.07) is 14.0. The Balaban J connectivity index is 1.60. The van der Waals surface area contributed by atoms with Gasteiger partial charge in [0.15, 0.2) is 15.4 Å². The third-order valence-electron chi connectivity index (χ3n) is 4.69. The van der Waals surface area contributed by atoms with Crippen LogP contribution in [0.15, 0.2) is 62.6 Å². The maximum atomic E-state index is 12.5. The fourth-order valence-electron chi connectivity index (χ4n) is 2.91. The van der Waals surface area contributed by atoms with Crippen LogP contribution in [0.2, 0.25) is 0 Å². The van der Waals surface area contributed by atoms with Gasteiger partial charge in [-0.05, 0) is 23.6 Å². The van der Waals surface area contributed by atoms with Crippen LogP contribution in [0.1, 0.15) is 24.8 Å². The molecule has 8 heteroatoms. The maximum absolute atomic E-state index is 12.5. The average Bonchev–Trinajstić information content (AvgIpc) is 2.98. The molecule has 0 fully saturated rings. The average molecular weight is 402 g/mol. The third-order valence-corrected chi connectivity index (χ3v) is 6.41. The van der Waals surface area contributed by atoms with E-state index in [9.17, 15) is 18.0 Å². The number of nitrogens with one attached hydrogen (secondary N) is 1. The third kappa shape index (κ3) is 4.33. The molecule has 1 heterocycles. The fourth-order valence-corrected chi connectivity index (χ4v) is 4.16. The van der Waals surface area contributed by atoms with Crippen LogP contribution in [-0.4, -0.2) is 31.2 Å². The lowest BCUT2D eigenvalue weighted by atomic mass is 10.0. The van der Waals surface area contributed by atoms with Gasteiger partial charge in [-0.3, -0.25) is 9.36 Å². The topological polar surface area (TPSA) is 98.4 Å². The minimum Gasteiger partial charge on any atom is -0.408 e. The second kappa shape index (κ2) is 8.02. The first-order valence-electron chi connectivity index (χ1n) is 8.92. The molecule has 0 spiro atoms. The molecular formula is C20H22N2O5S. The zero-order valence-corrected chi connectivity index (χ0v) is 16.5. The number of carbonyl (C=O) groups is 1. The van der Waals surface area contributed by atoms with Crippen LogP contribution in [0.25, 0.3) is 11.1 Å². The van der Waals surface area contributed by atoms with Crippen molar-refractivity contribution in [3.63, 3.8) is 0 Å². The number of rotatable bonds is 7. The van der Waals surface area contributed by atoms with Gasteiger partial charge in [-0.15, -0.1) is 0 Å². The van der Waals surface area contributed by atoms with Gasteiger partial charge in [0.25, 0.3) is 0 Å². The Kier molecular flexibility index (Phi) is 5.69. The van der Waals surface area contributed by atoms with Crippen LogP contribution in [-0.2, 0) is 21.7 Å². The predicted molar refractivity (Wildman–Crippen MR) is 106 cm³/mol. The lowest BCUT2D eigenvalue weighted by Crippen LogP contribution is -2.29. The quantitative estimate of drug-likeness (QED) is 0.653. The number of carbonyl (C=O) groups excluding carboxylic acids is 1. The van der Waals surface area contributed by atoms with Crippen molar-refractivity contribution in [1.82, 2.24) is 9.88 Å². The predicted octanol–water partition coefficient (Wildman–Crippen LogP) is 2.22. The van der Waals surface area contributed by atoms with Gasteiger partial charge in [0.2, 0.25) is 5.91 Å². The van der Waals surface area contributed by atoms with Gasteiger partial charge in [-0.1, -0.05) is 37.3 Å². The van der Waals surface area contributed by atoms with Gasteiger partial charge in [-0.2, -0.15) is 0 Å². The van der Waals surface area contributed by atoms with Gasteiger partial charge in [0, 0.05) is 26.1 Å². The van der Waals surface area contributed by atoms with Crippen molar-refractivity contribution in [2.24, 2.45) is 7.05 Å². The summed E-state index contributed by atoms with van der Waals surface area (Å²) in [5.74, 6) is -1.07. The van der Waals surface area contributed by atoms with Crippen molar-refractivity contribution < 1.29 is 17.6 Å². The number of benzene rings is 2. The Hall–Kier alpha value is -2.87. The SMILES string of the molecule is C[C@H](CNC(=O)CCS(=O)(=O)c1ccc2c(c1)oc(=O)n2C)c1ccccc1. The minimum absolute atomic E-state index is 0.0276. The van der Waals surface area contributed by atoms with Crippen molar-refractivity contribution in [3.05, 3.63) is 64.6 Å². The van der Waals surface area contributed by atoms with E-state index in [1.54, 1.807) is 7.05 Å². The summed E-state index contributed by atoms with van der Waals surface area (Å²) in [7, 11) is -2.13. The van der Waals surface area contributed by atoms with Crippen LogP contribution < -0.4 is 11.1 Å². The van der Waals surface area contributed by atoms with E-state index in [1.807, 2.05) is 37.3 Å². The summed E-state index contributed by atoms with van der Waals surface area (Å²) in [6.45, 7) is 2.43. The molecule has 1 N–H and O–H groups in total. The molecular weight excluding hydrogens is 380 g/mol. The lowest BCUT2D eigenvalue weighted by molar-refractivity contribution is -0.120. The summed E-state index contributed by atoms with van der Waals surface area (Å²) < 4.78 is 31.4. The molecule has 3 aromatic rings. The summed E-state index contributed by atoms with van der Waals surface area (Å²) in [5.41, 5.74) is 1.82. The molecule has 0 aliphatic heterocycles. The van der Waals surface area contributed by atoms with E-state index in [1.165, 1.54) is 22.8 Å². The zero-order chi connectivity index (χ0) is 20.3. The monoisotopic (exact) mass is 402 g/mol. The Morgan fingerprint density at radius 3 is 2.61 bits per heavy atom. The maximum Gasteiger partial charge on any atom is 0.419 e. The van der Waals surface area contributed by atoms with Gasteiger partial charge in [0.05, 0.1) is 16.2 Å². The standard InChI is InChI=1S/C20H22N2O5S/c1-14(15-6-4-3-5-7-15)13-21-19(23)10-11-28(25,26)16-8-9-17-18(12-16)27-20(24)22(17)2/h3-9,12,14H,10-11,13H2,1-2H3,(H,21,23)/t14-/m1/s1. The van der Waals surface area contributed by atoms with Crippen LogP contribution in [0.5, 0.6) is 0 Å². The van der Waals surface area contributed by atoms with Crippen molar-refractivity contribution in [3.8, 4) is 0 Å². The van der Waals surface area contributed by atoms with E-state index >= 15 is 0 Å². The molecule has 0 unspecified atom stereocenters. The van der Waals surface area contributed by atoms with Crippen molar-refractivity contribution in [2.45, 2.75) is 24.2 Å². The van der Waals surface area contributed by atoms with E-state index in [2.05, 4.69) is 5.32 Å². The molecule has 0 saturated heterocycles. The molecule has 1 aromatic heterocycles. The molecule has 0 aliphatic carbocycles. The molecule has 3 rings (SSSR count). The lowest BCUT2D eigenvalue weighted by Gasteiger charge is -2.13. The highest BCUT2D eigenvalue weighted by Crippen LogP contribution is 2.19. The van der Waals surface area contributed by atoms with Crippen molar-refractivity contribution in [1.29, 1.82) is 0 Å². The summed E-state index contributed by atoms with van der Waals surface area (Å²) in [6.07, 6.45) is -0.138. The number of sulfone groups is 1. The van der Waals surface area contributed by atoms with E-state index < -0.39 is 15.6 Å². The minimum atomic E-state index is -3.67. The van der Waals surface area contributed by atoms with E-state index in [0.717, 1.165) is 5.56 Å². The molecule has 1 amide bonds. The second-order valence-corrected chi connectivity index (χ2v) is 8.85. The second-order valence-electron chi connectivity index (χ2n) is 6.74. The number of nitrogens with zero attached hydrogens (tertiary/aromatic N) is 1. The van der Waals surface area contributed by atoms with Crippen molar-refractivity contribution in [2.75, 3.05) is 12.3 Å². The Bertz CT molecular complexity index is 1150.